The first-order valence-corrected chi connectivity index (χ1v) is 5.91. The largest absolute Gasteiger partial charge is 0.264 e. The molecule has 0 aromatic heterocycles. The van der Waals surface area contributed by atoms with E-state index in [0.717, 1.165) is 18.3 Å². The number of rotatable bonds is 5. The first-order valence-electron chi connectivity index (χ1n) is 5.91. The van der Waals surface area contributed by atoms with Crippen molar-refractivity contribution in [2.24, 2.45) is 4.99 Å². The lowest BCUT2D eigenvalue weighted by Crippen LogP contribution is -2.33. The molecular formula is C13H18N3. The van der Waals surface area contributed by atoms with Crippen LogP contribution in [-0.4, -0.2) is 6.34 Å². The van der Waals surface area contributed by atoms with Crippen molar-refractivity contribution in [2.75, 3.05) is 5.01 Å². The second-order valence-corrected chi connectivity index (χ2v) is 3.97. The summed E-state index contributed by atoms with van der Waals surface area (Å²) in [7, 11) is 0. The van der Waals surface area contributed by atoms with E-state index < -0.39 is 0 Å². The zero-order chi connectivity index (χ0) is 11.2. The van der Waals surface area contributed by atoms with E-state index in [4.69, 9.17) is 0 Å². The fourth-order valence-electron chi connectivity index (χ4n) is 1.71. The number of anilines is 1. The van der Waals surface area contributed by atoms with Gasteiger partial charge in [0.2, 0.25) is 0 Å². The maximum Gasteiger partial charge on any atom is 0.169 e. The minimum absolute atomic E-state index is 1.04. The summed E-state index contributed by atoms with van der Waals surface area (Å²) in [6.07, 6.45) is 7.67. The summed E-state index contributed by atoms with van der Waals surface area (Å²) in [4.78, 5) is 4.37. The molecule has 0 unspecified atom stereocenters. The predicted molar refractivity (Wildman–Crippen MR) is 67.9 cm³/mol. The second-order valence-electron chi connectivity index (χ2n) is 3.97. The molecule has 1 aromatic rings. The molecule has 3 nitrogen and oxygen atoms in total. The Hall–Kier alpha value is -1.35. The summed E-state index contributed by atoms with van der Waals surface area (Å²) in [6, 6.07) is 10.2. The van der Waals surface area contributed by atoms with Gasteiger partial charge < -0.3 is 0 Å². The molecule has 1 aliphatic heterocycles. The molecule has 16 heavy (non-hydrogen) atoms. The summed E-state index contributed by atoms with van der Waals surface area (Å²) in [5.74, 6) is 0. The van der Waals surface area contributed by atoms with Crippen LogP contribution in [0.3, 0.4) is 0 Å². The quantitative estimate of drug-likeness (QED) is 0.766. The van der Waals surface area contributed by atoms with E-state index in [1.807, 2.05) is 29.5 Å². The normalized spacial score (nSPS) is 15.9. The van der Waals surface area contributed by atoms with Crippen LogP contribution in [0.15, 0.2) is 35.3 Å². The Morgan fingerprint density at radius 2 is 2.00 bits per heavy atom. The van der Waals surface area contributed by atoms with Gasteiger partial charge in [0.1, 0.15) is 6.34 Å². The van der Waals surface area contributed by atoms with Crippen LogP contribution < -0.4 is 10.4 Å². The standard InChI is InChI=1S/C13H18N3/c1-2-3-5-10-13-14-11-16(15-13)12-8-6-4-7-9-12/h4,6-9,11,15H,2-3,5,10H2,1H3. The monoisotopic (exact) mass is 216 g/mol. The molecule has 0 saturated carbocycles. The molecule has 0 aliphatic carbocycles. The lowest BCUT2D eigenvalue weighted by Gasteiger charge is -2.16. The molecule has 0 atom stereocenters. The molecule has 3 heteroatoms. The Morgan fingerprint density at radius 3 is 2.75 bits per heavy atom. The zero-order valence-electron chi connectivity index (χ0n) is 9.69. The van der Waals surface area contributed by atoms with Gasteiger partial charge in [-0.05, 0) is 25.0 Å². The highest BCUT2D eigenvalue weighted by atomic mass is 15.6. The molecule has 0 bridgehead atoms. The predicted octanol–water partition coefficient (Wildman–Crippen LogP) is 3.11. The van der Waals surface area contributed by atoms with Gasteiger partial charge in [-0.2, -0.15) is 5.43 Å². The van der Waals surface area contributed by atoms with Gasteiger partial charge in [-0.1, -0.05) is 38.0 Å². The Morgan fingerprint density at radius 1 is 1.19 bits per heavy atom. The lowest BCUT2D eigenvalue weighted by atomic mass is 10.2. The molecule has 0 amide bonds. The molecule has 0 fully saturated rings. The van der Waals surface area contributed by atoms with Crippen molar-refractivity contribution < 1.29 is 0 Å². The highest BCUT2D eigenvalue weighted by Crippen LogP contribution is 2.19. The third-order valence-corrected chi connectivity index (χ3v) is 2.63. The van der Waals surface area contributed by atoms with E-state index in [0.29, 0.717) is 0 Å². The molecule has 0 spiro atoms. The van der Waals surface area contributed by atoms with Gasteiger partial charge in [0.15, 0.2) is 6.17 Å². The van der Waals surface area contributed by atoms with Gasteiger partial charge in [0, 0.05) is 0 Å². The van der Waals surface area contributed by atoms with Crippen LogP contribution in [0.25, 0.3) is 0 Å². The maximum absolute atomic E-state index is 4.37. The SMILES string of the molecule is CCCCC[C]1N=CN(c2ccccc2)N1. The molecule has 1 aliphatic rings. The van der Waals surface area contributed by atoms with Gasteiger partial charge in [0.25, 0.3) is 0 Å². The summed E-state index contributed by atoms with van der Waals surface area (Å²) in [5, 5.41) is 1.96. The number of benzene rings is 1. The second kappa shape index (κ2) is 5.66. The molecule has 2 rings (SSSR count). The van der Waals surface area contributed by atoms with E-state index in [9.17, 15) is 0 Å². The number of aliphatic imine (C=N–C) groups is 1. The van der Waals surface area contributed by atoms with Crippen molar-refractivity contribution in [3.05, 3.63) is 36.5 Å². The maximum atomic E-state index is 4.37. The molecule has 1 N–H and O–H groups in total. The Labute approximate surface area is 97.2 Å². The van der Waals surface area contributed by atoms with Crippen LogP contribution in [0.5, 0.6) is 0 Å². The van der Waals surface area contributed by atoms with Crippen LogP contribution in [0.2, 0.25) is 0 Å². The van der Waals surface area contributed by atoms with Crippen LogP contribution >= 0.6 is 0 Å². The minimum Gasteiger partial charge on any atom is -0.264 e. The fourth-order valence-corrected chi connectivity index (χ4v) is 1.71. The zero-order valence-corrected chi connectivity index (χ0v) is 9.69. The first-order chi connectivity index (χ1) is 7.90. The van der Waals surface area contributed by atoms with Crippen LogP contribution in [-0.2, 0) is 0 Å². The van der Waals surface area contributed by atoms with Crippen molar-refractivity contribution >= 4 is 12.0 Å². The number of nitrogens with zero attached hydrogens (tertiary/aromatic N) is 2. The van der Waals surface area contributed by atoms with Crippen molar-refractivity contribution in [3.63, 3.8) is 0 Å². The molecule has 1 heterocycles. The number of hydrogen-bond acceptors (Lipinski definition) is 3. The number of hydrogen-bond donors (Lipinski definition) is 1. The smallest absolute Gasteiger partial charge is 0.169 e. The highest BCUT2D eigenvalue weighted by Gasteiger charge is 2.17. The summed E-state index contributed by atoms with van der Waals surface area (Å²) in [6.45, 7) is 2.21. The number of para-hydroxylation sites is 1. The van der Waals surface area contributed by atoms with Gasteiger partial charge in [-0.15, -0.1) is 0 Å². The first kappa shape index (κ1) is 11.1. The molecule has 1 radical (unpaired) electrons. The van der Waals surface area contributed by atoms with Crippen LogP contribution in [0.4, 0.5) is 5.69 Å². The number of unbranched alkanes of at least 4 members (excludes halogenated alkanes) is 2. The number of nitrogens with one attached hydrogen (secondary N) is 1. The Balaban J connectivity index is 1.83. The van der Waals surface area contributed by atoms with E-state index in [-0.39, 0.29) is 0 Å². The van der Waals surface area contributed by atoms with E-state index in [1.54, 1.807) is 0 Å². The molecular weight excluding hydrogens is 198 g/mol. The fraction of sp³-hybridized carbons (Fsp3) is 0.385. The van der Waals surface area contributed by atoms with E-state index >= 15 is 0 Å². The van der Waals surface area contributed by atoms with Crippen molar-refractivity contribution in [2.45, 2.75) is 32.6 Å². The number of hydrazine groups is 1. The van der Waals surface area contributed by atoms with Gasteiger partial charge in [-0.25, -0.2) is 4.99 Å². The average molecular weight is 216 g/mol. The van der Waals surface area contributed by atoms with Crippen molar-refractivity contribution in [3.8, 4) is 0 Å². The molecule has 1 aromatic carbocycles. The Kier molecular flexibility index (Phi) is 3.94. The summed E-state index contributed by atoms with van der Waals surface area (Å²) in [5.41, 5.74) is 4.42. The van der Waals surface area contributed by atoms with Crippen molar-refractivity contribution in [1.82, 2.24) is 5.43 Å². The topological polar surface area (TPSA) is 27.6 Å². The average Bonchev–Trinajstić information content (AvgIpc) is 2.79. The third-order valence-electron chi connectivity index (χ3n) is 2.63. The molecule has 85 valence electrons. The molecule has 0 saturated heterocycles. The van der Waals surface area contributed by atoms with Gasteiger partial charge in [-0.3, -0.25) is 5.01 Å². The van der Waals surface area contributed by atoms with Crippen molar-refractivity contribution in [1.29, 1.82) is 0 Å². The third kappa shape index (κ3) is 2.83. The highest BCUT2D eigenvalue weighted by molar-refractivity contribution is 5.80. The van der Waals surface area contributed by atoms with E-state index in [1.165, 1.54) is 19.3 Å². The van der Waals surface area contributed by atoms with Gasteiger partial charge >= 0.3 is 0 Å². The minimum atomic E-state index is 1.04. The Bertz CT molecular complexity index is 334. The lowest BCUT2D eigenvalue weighted by molar-refractivity contribution is 0.614. The van der Waals surface area contributed by atoms with Crippen LogP contribution in [0, 0.1) is 6.17 Å². The summed E-state index contributed by atoms with van der Waals surface area (Å²) < 4.78 is 0. The van der Waals surface area contributed by atoms with Gasteiger partial charge in [0.05, 0.1) is 5.69 Å². The van der Waals surface area contributed by atoms with Crippen LogP contribution in [0.1, 0.15) is 32.6 Å². The van der Waals surface area contributed by atoms with E-state index in [2.05, 4.69) is 29.5 Å². The summed E-state index contributed by atoms with van der Waals surface area (Å²) >= 11 is 0.